The van der Waals surface area contributed by atoms with Crippen molar-refractivity contribution in [3.05, 3.63) is 34.9 Å². The van der Waals surface area contributed by atoms with Gasteiger partial charge in [-0.1, -0.05) is 29.8 Å². The molecule has 0 fully saturated rings. The molecule has 0 aliphatic rings. The molecule has 4 heteroatoms. The molecule has 1 aromatic rings. The molecule has 1 rings (SSSR count). The quantitative estimate of drug-likeness (QED) is 0.586. The number of hydrogen-bond donors (Lipinski definition) is 0. The summed E-state index contributed by atoms with van der Waals surface area (Å²) in [5, 5.41) is 0.658. The maximum Gasteiger partial charge on any atom is 0.313 e. The normalized spacial score (nSPS) is 9.88. The fourth-order valence-electron chi connectivity index (χ4n) is 1.23. The number of halogens is 1. The minimum absolute atomic E-state index is 0.164. The third-order valence-corrected chi connectivity index (χ3v) is 2.35. The van der Waals surface area contributed by atoms with E-state index in [1.165, 1.54) is 6.92 Å². The highest BCUT2D eigenvalue weighted by atomic mass is 35.5. The molecule has 0 unspecified atom stereocenters. The Labute approximate surface area is 99.4 Å². The summed E-state index contributed by atoms with van der Waals surface area (Å²) in [6.45, 7) is 1.60. The number of carbonyl (C=O) groups excluding carboxylic acids is 2. The van der Waals surface area contributed by atoms with Gasteiger partial charge in [0, 0.05) is 11.4 Å². The van der Waals surface area contributed by atoms with Crippen LogP contribution in [0.4, 0.5) is 0 Å². The van der Waals surface area contributed by atoms with E-state index in [2.05, 4.69) is 0 Å². The van der Waals surface area contributed by atoms with E-state index >= 15 is 0 Å². The van der Waals surface area contributed by atoms with Crippen LogP contribution in [0.15, 0.2) is 24.3 Å². The number of benzene rings is 1. The fraction of sp³-hybridized carbons (Fsp3) is 0.333. The van der Waals surface area contributed by atoms with Gasteiger partial charge in [-0.25, -0.2) is 0 Å². The molecule has 0 saturated carbocycles. The molecule has 1 aromatic carbocycles. The highest BCUT2D eigenvalue weighted by Gasteiger charge is 2.06. The van der Waals surface area contributed by atoms with Crippen molar-refractivity contribution < 1.29 is 14.3 Å². The van der Waals surface area contributed by atoms with Crippen molar-refractivity contribution in [1.29, 1.82) is 0 Å². The van der Waals surface area contributed by atoms with E-state index in [9.17, 15) is 9.59 Å². The van der Waals surface area contributed by atoms with Gasteiger partial charge < -0.3 is 4.74 Å². The largest absolute Gasteiger partial charge is 0.465 e. The van der Waals surface area contributed by atoms with Gasteiger partial charge in [-0.3, -0.25) is 9.59 Å². The van der Waals surface area contributed by atoms with Gasteiger partial charge in [0.05, 0.1) is 6.61 Å². The molecule has 86 valence electrons. The van der Waals surface area contributed by atoms with Gasteiger partial charge in [0.2, 0.25) is 0 Å². The zero-order valence-corrected chi connectivity index (χ0v) is 9.79. The van der Waals surface area contributed by atoms with Crippen LogP contribution in [-0.4, -0.2) is 18.4 Å². The lowest BCUT2D eigenvalue weighted by atomic mass is 10.2. The van der Waals surface area contributed by atoms with Crippen LogP contribution in [0.3, 0.4) is 0 Å². The maximum atomic E-state index is 11.1. The fourth-order valence-corrected chi connectivity index (χ4v) is 1.46. The van der Waals surface area contributed by atoms with Crippen LogP contribution in [0.1, 0.15) is 18.9 Å². The van der Waals surface area contributed by atoms with Crippen molar-refractivity contribution in [2.24, 2.45) is 0 Å². The van der Waals surface area contributed by atoms with Gasteiger partial charge in [0.15, 0.2) is 0 Å². The molecule has 0 bridgehead atoms. The Hall–Kier alpha value is -1.35. The zero-order valence-electron chi connectivity index (χ0n) is 9.03. The van der Waals surface area contributed by atoms with Crippen molar-refractivity contribution in [3.63, 3.8) is 0 Å². The van der Waals surface area contributed by atoms with Crippen LogP contribution in [0.2, 0.25) is 5.02 Å². The molecular weight excluding hydrogens is 228 g/mol. The van der Waals surface area contributed by atoms with E-state index in [1.807, 2.05) is 18.2 Å². The summed E-state index contributed by atoms with van der Waals surface area (Å²) in [7, 11) is 0. The first-order chi connectivity index (χ1) is 7.59. The number of Topliss-reactive ketones (excluding diaryl/α,β-unsaturated/α-hetero) is 1. The van der Waals surface area contributed by atoms with Gasteiger partial charge >= 0.3 is 5.97 Å². The van der Waals surface area contributed by atoms with Crippen LogP contribution in [0, 0.1) is 0 Å². The Morgan fingerprint density at radius 1 is 1.31 bits per heavy atom. The average Bonchev–Trinajstić information content (AvgIpc) is 2.19. The van der Waals surface area contributed by atoms with Crippen LogP contribution in [0.25, 0.3) is 0 Å². The third-order valence-electron chi connectivity index (χ3n) is 1.99. The van der Waals surface area contributed by atoms with Gasteiger partial charge in [0.1, 0.15) is 12.2 Å². The molecule has 0 spiro atoms. The second kappa shape index (κ2) is 6.28. The van der Waals surface area contributed by atoms with Gasteiger partial charge in [-0.2, -0.15) is 0 Å². The Morgan fingerprint density at radius 3 is 2.62 bits per heavy atom. The molecule has 0 radical (unpaired) electrons. The Kier molecular flexibility index (Phi) is 4.99. The summed E-state index contributed by atoms with van der Waals surface area (Å²) in [5.74, 6) is -0.678. The topological polar surface area (TPSA) is 43.4 Å². The molecular formula is C12H13ClO3. The molecule has 0 aromatic heterocycles. The predicted octanol–water partition coefficient (Wildman–Crippen LogP) is 2.40. The molecule has 0 N–H and O–H groups in total. The van der Waals surface area contributed by atoms with Crippen LogP contribution in [-0.2, 0) is 20.7 Å². The third kappa shape index (κ3) is 4.45. The lowest BCUT2D eigenvalue weighted by molar-refractivity contribution is -0.145. The summed E-state index contributed by atoms with van der Waals surface area (Å²) in [6.07, 6.45) is 0.395. The molecule has 0 heterocycles. The van der Waals surface area contributed by atoms with Crippen LogP contribution < -0.4 is 0 Å². The number of esters is 1. The first kappa shape index (κ1) is 12.7. The minimum atomic E-state index is -0.487. The lowest BCUT2D eigenvalue weighted by Gasteiger charge is -2.05. The highest BCUT2D eigenvalue weighted by molar-refractivity contribution is 6.31. The van der Waals surface area contributed by atoms with Crippen molar-refractivity contribution in [1.82, 2.24) is 0 Å². The average molecular weight is 241 g/mol. The Balaban J connectivity index is 2.33. The number of ketones is 1. The van der Waals surface area contributed by atoms with E-state index in [4.69, 9.17) is 16.3 Å². The van der Waals surface area contributed by atoms with E-state index < -0.39 is 5.97 Å². The molecule has 0 aliphatic carbocycles. The summed E-state index contributed by atoms with van der Waals surface area (Å²) >= 11 is 5.93. The van der Waals surface area contributed by atoms with Crippen LogP contribution in [0.5, 0.6) is 0 Å². The summed E-state index contributed by atoms with van der Waals surface area (Å²) in [5.41, 5.74) is 0.930. The number of rotatable bonds is 5. The number of hydrogen-bond acceptors (Lipinski definition) is 3. The van der Waals surface area contributed by atoms with Gasteiger partial charge in [-0.15, -0.1) is 0 Å². The van der Waals surface area contributed by atoms with Gasteiger partial charge in [-0.05, 0) is 18.6 Å². The smallest absolute Gasteiger partial charge is 0.313 e. The summed E-state index contributed by atoms with van der Waals surface area (Å²) in [6, 6.07) is 7.38. The molecule has 0 amide bonds. The Bertz CT molecular complexity index is 388. The summed E-state index contributed by atoms with van der Waals surface area (Å²) in [4.78, 5) is 21.7. The second-order valence-electron chi connectivity index (χ2n) is 3.44. The van der Waals surface area contributed by atoms with Crippen molar-refractivity contribution >= 4 is 23.4 Å². The van der Waals surface area contributed by atoms with Crippen molar-refractivity contribution in [2.45, 2.75) is 19.8 Å². The van der Waals surface area contributed by atoms with Crippen LogP contribution >= 0.6 is 11.6 Å². The molecule has 16 heavy (non-hydrogen) atoms. The van der Waals surface area contributed by atoms with E-state index in [0.717, 1.165) is 5.56 Å². The zero-order chi connectivity index (χ0) is 12.0. The van der Waals surface area contributed by atoms with Crippen molar-refractivity contribution in [2.75, 3.05) is 6.61 Å². The minimum Gasteiger partial charge on any atom is -0.465 e. The monoisotopic (exact) mass is 240 g/mol. The summed E-state index contributed by atoms with van der Waals surface area (Å²) < 4.78 is 4.89. The Morgan fingerprint density at radius 2 is 2.00 bits per heavy atom. The maximum absolute atomic E-state index is 11.1. The number of ether oxygens (including phenoxy) is 1. The lowest BCUT2D eigenvalue weighted by Crippen LogP contribution is -2.11. The van der Waals surface area contributed by atoms with Gasteiger partial charge in [0.25, 0.3) is 0 Å². The standard InChI is InChI=1S/C12H13ClO3/c1-9(14)8-12(15)16-7-6-10-4-2-3-5-11(10)13/h2-5H,6-8H2,1H3. The molecule has 0 aliphatic heterocycles. The van der Waals surface area contributed by atoms with E-state index in [1.54, 1.807) is 6.07 Å². The molecule has 0 atom stereocenters. The van der Waals surface area contributed by atoms with E-state index in [-0.39, 0.29) is 18.8 Å². The second-order valence-corrected chi connectivity index (χ2v) is 3.85. The number of carbonyl (C=O) groups is 2. The first-order valence-electron chi connectivity index (χ1n) is 4.98. The van der Waals surface area contributed by atoms with E-state index in [0.29, 0.717) is 11.4 Å². The SMILES string of the molecule is CC(=O)CC(=O)OCCc1ccccc1Cl. The van der Waals surface area contributed by atoms with Crippen molar-refractivity contribution in [3.8, 4) is 0 Å². The molecule has 0 saturated heterocycles. The highest BCUT2D eigenvalue weighted by Crippen LogP contribution is 2.15. The first-order valence-corrected chi connectivity index (χ1v) is 5.36. The molecule has 3 nitrogen and oxygen atoms in total. The predicted molar refractivity (Wildman–Crippen MR) is 61.4 cm³/mol.